The molecule has 1 atom stereocenters. The average molecular weight is 119 g/mol. The Balaban J connectivity index is 2.81. The number of hydrogen-bond acceptors (Lipinski definition) is 2. The van der Waals surface area contributed by atoms with Gasteiger partial charge >= 0.3 is 0 Å². The summed E-state index contributed by atoms with van der Waals surface area (Å²) in [4.78, 5) is 9.45. The van der Waals surface area contributed by atoms with Gasteiger partial charge in [-0.2, -0.15) is 0 Å². The van der Waals surface area contributed by atoms with E-state index in [1.54, 1.807) is 12.5 Å². The van der Waals surface area contributed by atoms with Crippen molar-refractivity contribution in [3.05, 3.63) is 0 Å². The second-order valence-electron chi connectivity index (χ2n) is 1.17. The van der Waals surface area contributed by atoms with Crippen molar-refractivity contribution >= 4 is 17.5 Å². The fourth-order valence-electron chi connectivity index (χ4n) is 0.185. The molecule has 7 heavy (non-hydrogen) atoms. The molecule has 3 heteroatoms. The van der Waals surface area contributed by atoms with Crippen LogP contribution in [0.25, 0.3) is 0 Å². The molecule has 0 spiro atoms. The van der Waals surface area contributed by atoms with Crippen molar-refractivity contribution in [2.75, 3.05) is 12.0 Å². The molecule has 0 aliphatic rings. The summed E-state index contributed by atoms with van der Waals surface area (Å²) in [5.41, 5.74) is 0. The van der Waals surface area contributed by atoms with E-state index in [9.17, 15) is 9.35 Å². The standard InChI is InChI=1S/C4H7O2S/c1-7(6)4-2-3-5/h2,4H2,1H3. The Morgan fingerprint density at radius 3 is 2.57 bits per heavy atom. The predicted molar refractivity (Wildman–Crippen MR) is 29.2 cm³/mol. The molecule has 0 rings (SSSR count). The second kappa shape index (κ2) is 4.15. The maximum Gasteiger partial charge on any atom is 0.203 e. The minimum absolute atomic E-state index is 0.295. The van der Waals surface area contributed by atoms with Crippen molar-refractivity contribution in [2.24, 2.45) is 0 Å². The second-order valence-corrected chi connectivity index (χ2v) is 2.73. The molecule has 0 heterocycles. The molecule has 0 aromatic rings. The first-order valence-corrected chi connectivity index (χ1v) is 3.65. The zero-order valence-electron chi connectivity index (χ0n) is 4.14. The molecule has 0 fully saturated rings. The van der Waals surface area contributed by atoms with E-state index in [1.165, 1.54) is 0 Å². The normalized spacial score (nSPS) is 13.4. The molecule has 0 bridgehead atoms. The monoisotopic (exact) mass is 119 g/mol. The highest BCUT2D eigenvalue weighted by molar-refractivity contribution is 7.90. The number of rotatable bonds is 3. The summed E-state index contributed by atoms with van der Waals surface area (Å²) in [6.45, 7) is 0. The Bertz CT molecular complexity index is 53.7. The lowest BCUT2D eigenvalue weighted by Gasteiger charge is -1.98. The van der Waals surface area contributed by atoms with Crippen LogP contribution in [-0.2, 0) is 16.0 Å². The van der Waals surface area contributed by atoms with Crippen LogP contribution in [0.15, 0.2) is 0 Å². The smallest absolute Gasteiger partial charge is 0.203 e. The molecule has 2 nitrogen and oxygen atoms in total. The fourth-order valence-corrected chi connectivity index (χ4v) is 0.556. The summed E-state index contributed by atoms with van der Waals surface area (Å²) >= 11 is -0.828. The topological polar surface area (TPSA) is 40.1 Å². The van der Waals surface area contributed by atoms with Crippen LogP contribution >= 0.6 is 0 Å². The minimum Gasteiger partial charge on any atom is -0.617 e. The van der Waals surface area contributed by atoms with Crippen LogP contribution in [0.3, 0.4) is 0 Å². The van der Waals surface area contributed by atoms with Crippen LogP contribution in [-0.4, -0.2) is 22.8 Å². The van der Waals surface area contributed by atoms with E-state index >= 15 is 0 Å². The van der Waals surface area contributed by atoms with E-state index in [1.807, 2.05) is 0 Å². The van der Waals surface area contributed by atoms with Crippen LogP contribution in [0.4, 0.5) is 0 Å². The lowest BCUT2D eigenvalue weighted by atomic mass is 10.6. The van der Waals surface area contributed by atoms with Gasteiger partial charge < -0.3 is 4.55 Å². The maximum absolute atomic E-state index is 10.1. The van der Waals surface area contributed by atoms with Gasteiger partial charge in [-0.15, -0.1) is 0 Å². The van der Waals surface area contributed by atoms with Gasteiger partial charge in [0.25, 0.3) is 0 Å². The van der Waals surface area contributed by atoms with Gasteiger partial charge in [-0.3, -0.25) is 4.79 Å². The van der Waals surface area contributed by atoms with Gasteiger partial charge in [0, 0.05) is 0 Å². The highest BCUT2D eigenvalue weighted by atomic mass is 32.2. The summed E-state index contributed by atoms with van der Waals surface area (Å²) in [6, 6.07) is 0. The highest BCUT2D eigenvalue weighted by Crippen LogP contribution is 1.83. The summed E-state index contributed by atoms with van der Waals surface area (Å²) in [7, 11) is 0. The molecule has 41 valence electrons. The third-order valence-electron chi connectivity index (χ3n) is 0.492. The van der Waals surface area contributed by atoms with Crippen molar-refractivity contribution in [3.8, 4) is 0 Å². The Labute approximate surface area is 46.1 Å². The molecular weight excluding hydrogens is 112 g/mol. The summed E-state index contributed by atoms with van der Waals surface area (Å²) in [5.74, 6) is 0.448. The lowest BCUT2D eigenvalue weighted by molar-refractivity contribution is 0.552. The lowest BCUT2D eigenvalue weighted by Crippen LogP contribution is -2.02. The molecular formula is C4H7O2S. The Morgan fingerprint density at radius 2 is 2.43 bits per heavy atom. The Hall–Kier alpha value is -0.0200. The molecule has 1 unspecified atom stereocenters. The van der Waals surface area contributed by atoms with E-state index < -0.39 is 11.2 Å². The number of carbonyl (C=O) groups excluding carboxylic acids is 1. The van der Waals surface area contributed by atoms with E-state index in [4.69, 9.17) is 0 Å². The van der Waals surface area contributed by atoms with E-state index in [0.717, 1.165) is 0 Å². The first-order chi connectivity index (χ1) is 3.27. The molecule has 0 aliphatic heterocycles. The van der Waals surface area contributed by atoms with Gasteiger partial charge in [0.15, 0.2) is 0 Å². The highest BCUT2D eigenvalue weighted by Gasteiger charge is 1.92. The van der Waals surface area contributed by atoms with Crippen LogP contribution in [0.5, 0.6) is 0 Å². The summed E-state index contributed by atoms with van der Waals surface area (Å²) in [6.07, 6.45) is 3.52. The van der Waals surface area contributed by atoms with E-state index in [2.05, 4.69) is 0 Å². The molecule has 0 aromatic carbocycles. The van der Waals surface area contributed by atoms with Gasteiger partial charge in [0.05, 0.1) is 12.7 Å². The summed E-state index contributed by atoms with van der Waals surface area (Å²) in [5, 5.41) is 0. The Morgan fingerprint density at radius 1 is 1.86 bits per heavy atom. The van der Waals surface area contributed by atoms with E-state index in [-0.39, 0.29) is 0 Å². The third-order valence-corrected chi connectivity index (χ3v) is 1.27. The zero-order valence-corrected chi connectivity index (χ0v) is 4.96. The van der Waals surface area contributed by atoms with Crippen molar-refractivity contribution in [3.63, 3.8) is 0 Å². The molecule has 0 aromatic heterocycles. The van der Waals surface area contributed by atoms with Crippen molar-refractivity contribution in [1.82, 2.24) is 0 Å². The maximum atomic E-state index is 10.1. The van der Waals surface area contributed by atoms with Crippen LogP contribution in [0.2, 0.25) is 0 Å². The van der Waals surface area contributed by atoms with Crippen LogP contribution < -0.4 is 0 Å². The van der Waals surface area contributed by atoms with Crippen LogP contribution in [0.1, 0.15) is 6.42 Å². The molecule has 0 N–H and O–H groups in total. The third kappa shape index (κ3) is 5.98. The van der Waals surface area contributed by atoms with Gasteiger partial charge in [0.2, 0.25) is 6.29 Å². The molecule has 1 radical (unpaired) electrons. The van der Waals surface area contributed by atoms with Crippen LogP contribution in [0, 0.1) is 0 Å². The van der Waals surface area contributed by atoms with Crippen molar-refractivity contribution < 1.29 is 9.35 Å². The largest absolute Gasteiger partial charge is 0.617 e. The SMILES string of the molecule is C[S+]([O-])CC[C]=O. The molecule has 0 aliphatic carbocycles. The summed E-state index contributed by atoms with van der Waals surface area (Å²) < 4.78 is 10.1. The molecule has 0 saturated carbocycles. The molecule has 0 saturated heterocycles. The first-order valence-electron chi connectivity index (χ1n) is 1.92. The average Bonchev–Trinajstić information content (AvgIpc) is 1.61. The minimum atomic E-state index is -0.828. The van der Waals surface area contributed by atoms with Gasteiger partial charge in [0.1, 0.15) is 5.75 Å². The van der Waals surface area contributed by atoms with E-state index in [0.29, 0.717) is 12.2 Å². The predicted octanol–water partition coefficient (Wildman–Crippen LogP) is -0.135. The Kier molecular flexibility index (Phi) is 4.14. The first kappa shape index (κ1) is 6.98. The molecule has 0 amide bonds. The van der Waals surface area contributed by atoms with Gasteiger partial charge in [-0.1, -0.05) is 11.2 Å². The quantitative estimate of drug-likeness (QED) is 0.485. The fraction of sp³-hybridized carbons (Fsp3) is 0.750. The zero-order chi connectivity index (χ0) is 5.70. The van der Waals surface area contributed by atoms with Gasteiger partial charge in [-0.25, -0.2) is 0 Å². The van der Waals surface area contributed by atoms with Gasteiger partial charge in [-0.05, 0) is 0 Å². The number of hydrogen-bond donors (Lipinski definition) is 0. The van der Waals surface area contributed by atoms with Crippen molar-refractivity contribution in [2.45, 2.75) is 6.42 Å². The van der Waals surface area contributed by atoms with Crippen molar-refractivity contribution in [1.29, 1.82) is 0 Å².